The number of hydrogen-bond donors (Lipinski definition) is 1. The first-order chi connectivity index (χ1) is 16.8. The second-order valence-corrected chi connectivity index (χ2v) is 8.38. The van der Waals surface area contributed by atoms with E-state index in [1.807, 2.05) is 0 Å². The fraction of sp³-hybridized carbons (Fsp3) is 0.250. The topological polar surface area (TPSA) is 113 Å². The zero-order chi connectivity index (χ0) is 26.4. The van der Waals surface area contributed by atoms with Crippen molar-refractivity contribution in [1.82, 2.24) is 23.9 Å². The van der Waals surface area contributed by atoms with Crippen molar-refractivity contribution in [2.24, 2.45) is 14.1 Å². The second kappa shape index (κ2) is 9.18. The van der Waals surface area contributed by atoms with Crippen LogP contribution in [0.5, 0.6) is 5.75 Å². The van der Waals surface area contributed by atoms with E-state index in [4.69, 9.17) is 0 Å². The highest BCUT2D eigenvalue weighted by Gasteiger charge is 2.30. The van der Waals surface area contributed by atoms with Gasteiger partial charge in [0.05, 0.1) is 17.4 Å². The summed E-state index contributed by atoms with van der Waals surface area (Å²) in [6.45, 7) is -2.20. The fourth-order valence-electron chi connectivity index (χ4n) is 3.23. The third-order valence-electron chi connectivity index (χ3n) is 4.92. The highest BCUT2D eigenvalue weighted by Crippen LogP contribution is 2.31. The SMILES string of the molecule is Cn1c(=O)c2nn(CC(=O)Nc3nc(-c4cc(F)c(OCC(F)(F)F)c(F)c4)cs3)cc2n(C)c1=O. The summed E-state index contributed by atoms with van der Waals surface area (Å²) in [6, 6.07) is 1.52. The molecule has 0 fully saturated rings. The molecule has 36 heavy (non-hydrogen) atoms. The number of carbonyl (C=O) groups excluding carboxylic acids is 1. The molecule has 1 aromatic carbocycles. The van der Waals surface area contributed by atoms with Gasteiger partial charge in [-0.1, -0.05) is 0 Å². The number of benzene rings is 1. The summed E-state index contributed by atoms with van der Waals surface area (Å²) < 4.78 is 72.5. The summed E-state index contributed by atoms with van der Waals surface area (Å²) in [7, 11) is 2.75. The molecular formula is C20H15F5N6O4S. The number of rotatable bonds is 6. The molecule has 4 rings (SSSR count). The van der Waals surface area contributed by atoms with Crippen LogP contribution in [0.25, 0.3) is 22.3 Å². The van der Waals surface area contributed by atoms with Gasteiger partial charge >= 0.3 is 11.9 Å². The maximum absolute atomic E-state index is 14.1. The average Bonchev–Trinajstić information content (AvgIpc) is 3.42. The Kier molecular flexibility index (Phi) is 6.38. The molecule has 1 amide bonds. The van der Waals surface area contributed by atoms with Gasteiger partial charge < -0.3 is 10.1 Å². The number of aryl methyl sites for hydroxylation is 1. The van der Waals surface area contributed by atoms with Crippen molar-refractivity contribution in [2.75, 3.05) is 11.9 Å². The summed E-state index contributed by atoms with van der Waals surface area (Å²) in [5.41, 5.74) is -0.976. The van der Waals surface area contributed by atoms with Gasteiger partial charge in [0.2, 0.25) is 5.91 Å². The first kappa shape index (κ1) is 25.0. The van der Waals surface area contributed by atoms with Gasteiger partial charge in [-0.2, -0.15) is 18.3 Å². The Bertz CT molecular complexity index is 1580. The van der Waals surface area contributed by atoms with Crippen LogP contribution in [0.2, 0.25) is 0 Å². The monoisotopic (exact) mass is 530 g/mol. The second-order valence-electron chi connectivity index (χ2n) is 7.53. The van der Waals surface area contributed by atoms with Crippen molar-refractivity contribution in [3.05, 3.63) is 56.2 Å². The molecule has 0 aliphatic rings. The molecule has 0 bridgehead atoms. The molecule has 0 aliphatic heterocycles. The Morgan fingerprint density at radius 1 is 1.14 bits per heavy atom. The lowest BCUT2D eigenvalue weighted by Gasteiger charge is -2.11. The molecule has 3 heterocycles. The molecule has 0 saturated heterocycles. The molecule has 1 N–H and O–H groups in total. The molecule has 0 atom stereocenters. The van der Waals surface area contributed by atoms with E-state index in [-0.39, 0.29) is 34.0 Å². The fourth-order valence-corrected chi connectivity index (χ4v) is 3.97. The molecule has 0 spiro atoms. The van der Waals surface area contributed by atoms with Crippen molar-refractivity contribution in [2.45, 2.75) is 12.7 Å². The molecule has 3 aromatic heterocycles. The lowest BCUT2D eigenvalue weighted by atomic mass is 10.1. The Labute approximate surface area is 201 Å². The minimum atomic E-state index is -4.77. The van der Waals surface area contributed by atoms with Gasteiger partial charge in [-0.15, -0.1) is 11.3 Å². The molecule has 0 aliphatic carbocycles. The largest absolute Gasteiger partial charge is 0.478 e. The van der Waals surface area contributed by atoms with E-state index in [1.165, 1.54) is 34.9 Å². The number of ether oxygens (including phenoxy) is 1. The van der Waals surface area contributed by atoms with Crippen LogP contribution >= 0.6 is 11.3 Å². The summed E-state index contributed by atoms with van der Waals surface area (Å²) in [5.74, 6) is -4.46. The number of nitrogens with one attached hydrogen (secondary N) is 1. The number of carbonyl (C=O) groups is 1. The number of thiazole rings is 1. The van der Waals surface area contributed by atoms with Crippen LogP contribution in [0.4, 0.5) is 27.1 Å². The predicted molar refractivity (Wildman–Crippen MR) is 118 cm³/mol. The normalized spacial score (nSPS) is 11.8. The van der Waals surface area contributed by atoms with E-state index in [2.05, 4.69) is 20.1 Å². The Hall–Kier alpha value is -4.08. The van der Waals surface area contributed by atoms with Crippen molar-refractivity contribution in [1.29, 1.82) is 0 Å². The zero-order valence-electron chi connectivity index (χ0n) is 18.4. The van der Waals surface area contributed by atoms with Crippen LogP contribution in [-0.4, -0.2) is 42.6 Å². The number of nitrogens with zero attached hydrogens (tertiary/aromatic N) is 5. The smallest absolute Gasteiger partial charge is 0.422 e. The van der Waals surface area contributed by atoms with Gasteiger partial charge in [-0.25, -0.2) is 18.6 Å². The van der Waals surface area contributed by atoms with Gasteiger partial charge in [0, 0.05) is 25.0 Å². The third-order valence-corrected chi connectivity index (χ3v) is 5.67. The number of alkyl halides is 3. The number of amides is 1. The highest BCUT2D eigenvalue weighted by molar-refractivity contribution is 7.14. The summed E-state index contributed by atoms with van der Waals surface area (Å²) in [4.78, 5) is 40.7. The van der Waals surface area contributed by atoms with Gasteiger partial charge in [-0.05, 0) is 12.1 Å². The van der Waals surface area contributed by atoms with Crippen LogP contribution in [0, 0.1) is 11.6 Å². The average molecular weight is 530 g/mol. The molecule has 4 aromatic rings. The predicted octanol–water partition coefficient (Wildman–Crippen LogP) is 2.42. The molecule has 10 nitrogen and oxygen atoms in total. The van der Waals surface area contributed by atoms with Crippen LogP contribution < -0.4 is 21.3 Å². The minimum absolute atomic E-state index is 0.00403. The molecule has 0 radical (unpaired) electrons. The minimum Gasteiger partial charge on any atom is -0.478 e. The highest BCUT2D eigenvalue weighted by atomic mass is 32.1. The standard InChI is InChI=1S/C20H15F5N6O4S/c1-29-13-5-31(28-15(13)17(33)30(2)19(29)34)6-14(32)27-18-26-12(7-36-18)9-3-10(21)16(11(22)4-9)35-8-20(23,24)25/h3-5,7H,6,8H2,1-2H3,(H,26,27,32). The summed E-state index contributed by atoms with van der Waals surface area (Å²) >= 11 is 0.930. The number of anilines is 1. The van der Waals surface area contributed by atoms with Crippen molar-refractivity contribution >= 4 is 33.4 Å². The maximum atomic E-state index is 14.1. The number of halogens is 5. The van der Waals surface area contributed by atoms with Crippen molar-refractivity contribution in [3.63, 3.8) is 0 Å². The van der Waals surface area contributed by atoms with Crippen LogP contribution in [0.1, 0.15) is 0 Å². The third kappa shape index (κ3) is 4.98. The lowest BCUT2D eigenvalue weighted by Crippen LogP contribution is -2.36. The molecule has 16 heteroatoms. The molecule has 0 saturated carbocycles. The van der Waals surface area contributed by atoms with Crippen LogP contribution in [-0.2, 0) is 25.4 Å². The first-order valence-electron chi connectivity index (χ1n) is 9.91. The quantitative estimate of drug-likeness (QED) is 0.383. The lowest BCUT2D eigenvalue weighted by molar-refractivity contribution is -0.154. The van der Waals surface area contributed by atoms with Crippen molar-refractivity contribution < 1.29 is 31.5 Å². The van der Waals surface area contributed by atoms with E-state index >= 15 is 0 Å². The van der Waals surface area contributed by atoms with Crippen molar-refractivity contribution in [3.8, 4) is 17.0 Å². The van der Waals surface area contributed by atoms with Gasteiger partial charge in [0.25, 0.3) is 5.56 Å². The summed E-state index contributed by atoms with van der Waals surface area (Å²) in [6.07, 6.45) is -3.41. The van der Waals surface area contributed by atoms with E-state index < -0.39 is 47.3 Å². The zero-order valence-corrected chi connectivity index (χ0v) is 19.2. The van der Waals surface area contributed by atoms with Gasteiger partial charge in [0.1, 0.15) is 6.54 Å². The maximum Gasteiger partial charge on any atom is 0.422 e. The van der Waals surface area contributed by atoms with E-state index in [1.54, 1.807) is 0 Å². The molecule has 0 unspecified atom stereocenters. The Balaban J connectivity index is 1.49. The van der Waals surface area contributed by atoms with Crippen LogP contribution in [0.3, 0.4) is 0 Å². The number of aromatic nitrogens is 5. The summed E-state index contributed by atoms with van der Waals surface area (Å²) in [5, 5.41) is 7.96. The van der Waals surface area contributed by atoms with Gasteiger partial charge in [-0.3, -0.25) is 23.4 Å². The van der Waals surface area contributed by atoms with Gasteiger partial charge in [0.15, 0.2) is 34.6 Å². The molecule has 190 valence electrons. The number of hydrogen-bond acceptors (Lipinski definition) is 7. The van der Waals surface area contributed by atoms with E-state index in [9.17, 15) is 36.3 Å². The van der Waals surface area contributed by atoms with E-state index in [0.717, 1.165) is 28.0 Å². The Morgan fingerprint density at radius 3 is 2.44 bits per heavy atom. The Morgan fingerprint density at radius 2 is 1.81 bits per heavy atom. The first-order valence-corrected chi connectivity index (χ1v) is 10.8. The van der Waals surface area contributed by atoms with Crippen LogP contribution in [0.15, 0.2) is 33.3 Å². The number of fused-ring (bicyclic) bond motifs is 1. The van der Waals surface area contributed by atoms with E-state index in [0.29, 0.717) is 0 Å². The molecular weight excluding hydrogens is 515 g/mol.